The number of hydrogen-bond acceptors (Lipinski definition) is 1. The van der Waals surface area contributed by atoms with Gasteiger partial charge in [-0.25, -0.2) is 0 Å². The van der Waals surface area contributed by atoms with E-state index in [4.69, 9.17) is 0 Å². The Kier molecular flexibility index (Phi) is 4.66. The molecule has 0 atom stereocenters. The van der Waals surface area contributed by atoms with Crippen LogP contribution in [0.1, 0.15) is 58.6 Å². The van der Waals surface area contributed by atoms with Crippen molar-refractivity contribution in [2.75, 3.05) is 0 Å². The first kappa shape index (κ1) is 18.0. The monoisotopic (exact) mass is 348 g/mol. The van der Waals surface area contributed by atoms with Gasteiger partial charge in [-0.3, -0.25) is 0 Å². The van der Waals surface area contributed by atoms with Crippen molar-refractivity contribution in [3.05, 3.63) is 65.9 Å². The minimum absolute atomic E-state index is 0.0907. The Balaban J connectivity index is 2.19. The van der Waals surface area contributed by atoms with Crippen LogP contribution in [0.15, 0.2) is 54.8 Å². The number of thiophene rings is 1. The van der Waals surface area contributed by atoms with Crippen LogP contribution in [0.4, 0.5) is 0 Å². The lowest BCUT2D eigenvalue weighted by atomic mass is 9.80. The van der Waals surface area contributed by atoms with E-state index in [1.165, 1.54) is 31.3 Å². The van der Waals surface area contributed by atoms with Gasteiger partial charge in [-0.1, -0.05) is 53.3 Å². The van der Waals surface area contributed by atoms with Gasteiger partial charge < -0.3 is 0 Å². The second kappa shape index (κ2) is 6.48. The predicted octanol–water partition coefficient (Wildman–Crippen LogP) is 7.75. The van der Waals surface area contributed by atoms with Crippen molar-refractivity contribution < 1.29 is 0 Å². The van der Waals surface area contributed by atoms with Crippen LogP contribution in [0.5, 0.6) is 0 Å². The van der Waals surface area contributed by atoms with E-state index < -0.39 is 0 Å². The van der Waals surface area contributed by atoms with Gasteiger partial charge in [0.15, 0.2) is 0 Å². The molecule has 1 heteroatoms. The number of allylic oxidation sites excluding steroid dienone is 1. The summed E-state index contributed by atoms with van der Waals surface area (Å²) in [5.74, 6) is 0. The Hall–Kier alpha value is -1.82. The molecule has 2 aromatic carbocycles. The van der Waals surface area contributed by atoms with E-state index in [0.717, 1.165) is 12.8 Å². The molecular weight excluding hydrogens is 320 g/mol. The quantitative estimate of drug-likeness (QED) is 0.413. The molecule has 0 unspecified atom stereocenters. The summed E-state index contributed by atoms with van der Waals surface area (Å²) in [5.41, 5.74) is 6.03. The molecule has 0 nitrogen and oxygen atoms in total. The van der Waals surface area contributed by atoms with Gasteiger partial charge >= 0.3 is 0 Å². The van der Waals surface area contributed by atoms with Crippen LogP contribution < -0.4 is 0 Å². The molecule has 130 valence electrons. The summed E-state index contributed by atoms with van der Waals surface area (Å²) < 4.78 is 2.76. The lowest BCUT2D eigenvalue weighted by Crippen LogP contribution is -2.15. The fraction of sp³-hybridized carbons (Fsp3) is 0.375. The summed E-state index contributed by atoms with van der Waals surface area (Å²) in [5, 5.41) is 2.79. The third-order valence-electron chi connectivity index (χ3n) is 5.67. The molecule has 0 fully saturated rings. The molecule has 3 rings (SSSR count). The van der Waals surface area contributed by atoms with Gasteiger partial charge in [-0.05, 0) is 65.1 Å². The maximum Gasteiger partial charge on any atom is 0.0355 e. The summed E-state index contributed by atoms with van der Waals surface area (Å²) in [7, 11) is 0. The smallest absolute Gasteiger partial charge is 0.0355 e. The van der Waals surface area contributed by atoms with Crippen molar-refractivity contribution in [2.45, 2.75) is 58.3 Å². The van der Waals surface area contributed by atoms with Gasteiger partial charge in [0.25, 0.3) is 0 Å². The maximum absolute atomic E-state index is 3.70. The van der Waals surface area contributed by atoms with Crippen LogP contribution in [-0.2, 0) is 10.8 Å². The molecule has 0 bridgehead atoms. The van der Waals surface area contributed by atoms with Crippen LogP contribution in [0.25, 0.3) is 20.2 Å². The zero-order chi connectivity index (χ0) is 18.2. The average Bonchev–Trinajstić information content (AvgIpc) is 2.97. The Labute approximate surface area is 155 Å². The molecule has 0 N–H and O–H groups in total. The topological polar surface area (TPSA) is 0 Å². The predicted molar refractivity (Wildman–Crippen MR) is 114 cm³/mol. The lowest BCUT2D eigenvalue weighted by molar-refractivity contribution is 0.507. The molecule has 0 saturated heterocycles. The highest BCUT2D eigenvalue weighted by atomic mass is 32.1. The fourth-order valence-electron chi connectivity index (χ4n) is 3.27. The van der Waals surface area contributed by atoms with Gasteiger partial charge in [0, 0.05) is 20.2 Å². The molecular formula is C24H28S. The third-order valence-corrected chi connectivity index (χ3v) is 6.82. The van der Waals surface area contributed by atoms with Gasteiger partial charge in [-0.2, -0.15) is 0 Å². The number of hydrogen-bond donors (Lipinski definition) is 0. The zero-order valence-corrected chi connectivity index (χ0v) is 16.9. The molecule has 0 radical (unpaired) electrons. The summed E-state index contributed by atoms with van der Waals surface area (Å²) in [4.78, 5) is 0. The first-order valence-corrected chi connectivity index (χ1v) is 9.92. The Morgan fingerprint density at radius 3 is 1.92 bits per heavy atom. The second-order valence-electron chi connectivity index (χ2n) is 8.26. The highest BCUT2D eigenvalue weighted by Gasteiger charge is 2.22. The van der Waals surface area contributed by atoms with Gasteiger partial charge in [0.05, 0.1) is 0 Å². The number of benzene rings is 2. The van der Waals surface area contributed by atoms with Gasteiger partial charge in [-0.15, -0.1) is 17.1 Å². The third kappa shape index (κ3) is 3.32. The summed E-state index contributed by atoms with van der Waals surface area (Å²) >= 11 is 1.90. The first-order valence-electron chi connectivity index (χ1n) is 9.10. The molecule has 0 aliphatic heterocycles. The van der Waals surface area contributed by atoms with Gasteiger partial charge in [0.2, 0.25) is 0 Å². The molecule has 0 spiro atoms. The van der Waals surface area contributed by atoms with Crippen molar-refractivity contribution in [3.63, 3.8) is 0 Å². The molecule has 0 amide bonds. The molecule has 3 aromatic rings. The fourth-order valence-corrected chi connectivity index (χ4v) is 4.34. The number of rotatable bonds is 5. The van der Waals surface area contributed by atoms with E-state index in [0.29, 0.717) is 0 Å². The summed E-state index contributed by atoms with van der Waals surface area (Å²) in [6, 6.07) is 14.0. The van der Waals surface area contributed by atoms with Crippen LogP contribution in [0, 0.1) is 0 Å². The van der Waals surface area contributed by atoms with E-state index >= 15 is 0 Å². The highest BCUT2D eigenvalue weighted by molar-refractivity contribution is 7.25. The largest absolute Gasteiger partial charge is 0.135 e. The second-order valence-corrected chi connectivity index (χ2v) is 9.34. The maximum atomic E-state index is 3.70. The van der Waals surface area contributed by atoms with E-state index in [2.05, 4.69) is 83.3 Å². The van der Waals surface area contributed by atoms with Crippen molar-refractivity contribution in [1.82, 2.24) is 0 Å². The lowest BCUT2D eigenvalue weighted by Gasteiger charge is -2.24. The van der Waals surface area contributed by atoms with Crippen molar-refractivity contribution >= 4 is 31.5 Å². The average molecular weight is 349 g/mol. The Morgan fingerprint density at radius 1 is 0.920 bits per heavy atom. The van der Waals surface area contributed by atoms with E-state index in [1.807, 2.05) is 17.4 Å². The van der Waals surface area contributed by atoms with E-state index in [-0.39, 0.29) is 10.8 Å². The SMILES string of the molecule is C=C=CCC(C)(C)c1ccc2sc3ccc(C(C)(C)CC)cc3c2c1. The van der Waals surface area contributed by atoms with Crippen LogP contribution in [0.2, 0.25) is 0 Å². The van der Waals surface area contributed by atoms with Crippen molar-refractivity contribution in [2.24, 2.45) is 0 Å². The first-order chi connectivity index (χ1) is 11.8. The Bertz CT molecular complexity index is 962. The van der Waals surface area contributed by atoms with Crippen molar-refractivity contribution in [1.29, 1.82) is 0 Å². The van der Waals surface area contributed by atoms with E-state index in [1.54, 1.807) is 0 Å². The van der Waals surface area contributed by atoms with Crippen molar-refractivity contribution in [3.8, 4) is 0 Å². The zero-order valence-electron chi connectivity index (χ0n) is 16.1. The molecule has 0 aliphatic carbocycles. The number of fused-ring (bicyclic) bond motifs is 3. The highest BCUT2D eigenvalue weighted by Crippen LogP contribution is 2.39. The van der Waals surface area contributed by atoms with Crippen LogP contribution in [-0.4, -0.2) is 0 Å². The molecule has 0 saturated carbocycles. The van der Waals surface area contributed by atoms with E-state index in [9.17, 15) is 0 Å². The molecule has 0 aliphatic rings. The Morgan fingerprint density at radius 2 is 1.44 bits per heavy atom. The summed E-state index contributed by atoms with van der Waals surface area (Å²) in [6.45, 7) is 15.2. The normalized spacial score (nSPS) is 12.5. The molecule has 1 heterocycles. The summed E-state index contributed by atoms with van der Waals surface area (Å²) in [6.07, 6.45) is 4.14. The molecule has 1 aromatic heterocycles. The minimum Gasteiger partial charge on any atom is -0.135 e. The van der Waals surface area contributed by atoms with Crippen LogP contribution in [0.3, 0.4) is 0 Å². The standard InChI is InChI=1S/C24H28S/c1-7-9-14-24(5,6)18-11-13-22-20(16-18)19-15-17(23(3,4)8-2)10-12-21(19)25-22/h9-13,15-16H,1,8,14H2,2-6H3. The molecule has 25 heavy (non-hydrogen) atoms. The van der Waals surface area contributed by atoms with Gasteiger partial charge in [0.1, 0.15) is 0 Å². The minimum atomic E-state index is 0.0907. The van der Waals surface area contributed by atoms with Crippen LogP contribution >= 0.6 is 11.3 Å².